The van der Waals surface area contributed by atoms with Gasteiger partial charge in [-0.05, 0) is 23.8 Å². The van der Waals surface area contributed by atoms with Crippen LogP contribution in [0, 0.1) is 5.41 Å². The van der Waals surface area contributed by atoms with Crippen LogP contribution in [0.4, 0.5) is 11.6 Å². The van der Waals surface area contributed by atoms with Crippen LogP contribution in [0.1, 0.15) is 0 Å². The molecule has 2 rings (SSSR count). The summed E-state index contributed by atoms with van der Waals surface area (Å²) in [6.07, 6.45) is 13.9. The zero-order chi connectivity index (χ0) is 16.7. The van der Waals surface area contributed by atoms with Gasteiger partial charge in [0.1, 0.15) is 11.2 Å². The Morgan fingerprint density at radius 3 is 2.87 bits per heavy atom. The number of nitrogens with zero attached hydrogens (tertiary/aromatic N) is 2. The SMILES string of the molecule is C=C\C=C/C(/C=C\C=N)=C\N(C)c1c(NC)oc2cccnc12. The molecule has 0 radical (unpaired) electrons. The summed E-state index contributed by atoms with van der Waals surface area (Å²) in [4.78, 5) is 6.36. The Balaban J connectivity index is 2.49. The lowest BCUT2D eigenvalue weighted by Crippen LogP contribution is -2.10. The molecule has 0 saturated carbocycles. The summed E-state index contributed by atoms with van der Waals surface area (Å²) in [7, 11) is 3.74. The minimum absolute atomic E-state index is 0.653. The van der Waals surface area contributed by atoms with Crippen LogP contribution in [0.15, 0.2) is 71.5 Å². The lowest BCUT2D eigenvalue weighted by Gasteiger charge is -2.15. The highest BCUT2D eigenvalue weighted by molar-refractivity contribution is 5.95. The van der Waals surface area contributed by atoms with Gasteiger partial charge in [-0.15, -0.1) is 0 Å². The Bertz CT molecular complexity index is 763. The molecule has 0 aliphatic rings. The van der Waals surface area contributed by atoms with E-state index >= 15 is 0 Å². The maximum Gasteiger partial charge on any atom is 0.219 e. The summed E-state index contributed by atoms with van der Waals surface area (Å²) in [5, 5.41) is 10.2. The van der Waals surface area contributed by atoms with E-state index in [1.165, 1.54) is 6.21 Å². The molecule has 118 valence electrons. The van der Waals surface area contributed by atoms with Gasteiger partial charge in [0.2, 0.25) is 5.88 Å². The Morgan fingerprint density at radius 2 is 2.17 bits per heavy atom. The molecule has 0 bridgehead atoms. The summed E-state index contributed by atoms with van der Waals surface area (Å²) in [6, 6.07) is 3.73. The molecule has 0 aliphatic heterocycles. The lowest BCUT2D eigenvalue weighted by molar-refractivity contribution is 0.631. The number of hydrogen-bond donors (Lipinski definition) is 2. The van der Waals surface area contributed by atoms with E-state index in [9.17, 15) is 0 Å². The summed E-state index contributed by atoms with van der Waals surface area (Å²) >= 11 is 0. The highest BCUT2D eigenvalue weighted by Crippen LogP contribution is 2.36. The minimum atomic E-state index is 0.653. The van der Waals surface area contributed by atoms with Crippen LogP contribution >= 0.6 is 0 Å². The van der Waals surface area contributed by atoms with Crippen molar-refractivity contribution < 1.29 is 4.42 Å². The molecule has 0 saturated heterocycles. The van der Waals surface area contributed by atoms with Crippen molar-refractivity contribution in [1.29, 1.82) is 5.41 Å². The third kappa shape index (κ3) is 3.77. The van der Waals surface area contributed by atoms with Crippen molar-refractivity contribution in [2.75, 3.05) is 24.3 Å². The molecule has 2 N–H and O–H groups in total. The Morgan fingerprint density at radius 1 is 1.39 bits per heavy atom. The number of aromatic nitrogens is 1. The van der Waals surface area contributed by atoms with Gasteiger partial charge in [-0.25, -0.2) is 0 Å². The van der Waals surface area contributed by atoms with Crippen LogP contribution in [0.5, 0.6) is 0 Å². The van der Waals surface area contributed by atoms with Gasteiger partial charge in [-0.2, -0.15) is 0 Å². The molecule has 0 fully saturated rings. The van der Waals surface area contributed by atoms with Gasteiger partial charge in [-0.3, -0.25) is 4.98 Å². The average Bonchev–Trinajstić information content (AvgIpc) is 2.95. The molecule has 0 unspecified atom stereocenters. The first kappa shape index (κ1) is 16.3. The fraction of sp³-hybridized carbons (Fsp3) is 0.111. The van der Waals surface area contributed by atoms with Crippen molar-refractivity contribution >= 4 is 28.9 Å². The number of rotatable bonds is 7. The molecule has 5 heteroatoms. The molecule has 0 aromatic carbocycles. The summed E-state index contributed by atoms with van der Waals surface area (Å²) < 4.78 is 5.78. The topological polar surface area (TPSA) is 65.2 Å². The van der Waals surface area contributed by atoms with E-state index in [1.54, 1.807) is 18.3 Å². The maximum absolute atomic E-state index is 7.13. The second kappa shape index (κ2) is 7.79. The summed E-state index contributed by atoms with van der Waals surface area (Å²) in [5.74, 6) is 0.653. The van der Waals surface area contributed by atoms with Crippen molar-refractivity contribution in [3.63, 3.8) is 0 Å². The van der Waals surface area contributed by atoms with Gasteiger partial charge in [0.25, 0.3) is 0 Å². The first-order valence-electron chi connectivity index (χ1n) is 7.17. The van der Waals surface area contributed by atoms with Gasteiger partial charge in [-0.1, -0.05) is 30.9 Å². The van der Waals surface area contributed by atoms with Crippen molar-refractivity contribution in [3.8, 4) is 0 Å². The first-order valence-corrected chi connectivity index (χ1v) is 7.17. The van der Waals surface area contributed by atoms with Crippen molar-refractivity contribution in [3.05, 3.63) is 67.1 Å². The highest BCUT2D eigenvalue weighted by atomic mass is 16.4. The van der Waals surface area contributed by atoms with Gasteiger partial charge in [0.05, 0.1) is 0 Å². The number of allylic oxidation sites excluding steroid dienone is 6. The van der Waals surface area contributed by atoms with Crippen molar-refractivity contribution in [2.45, 2.75) is 0 Å². The normalized spacial score (nSPS) is 12.2. The third-order valence-electron chi connectivity index (χ3n) is 3.15. The maximum atomic E-state index is 7.13. The molecule has 2 heterocycles. The van der Waals surface area contributed by atoms with E-state index in [0.717, 1.165) is 22.4 Å². The van der Waals surface area contributed by atoms with Crippen molar-refractivity contribution in [1.82, 2.24) is 4.98 Å². The zero-order valence-corrected chi connectivity index (χ0v) is 13.3. The van der Waals surface area contributed by atoms with E-state index in [1.807, 2.05) is 55.6 Å². The monoisotopic (exact) mass is 308 g/mol. The molecule has 0 spiro atoms. The van der Waals surface area contributed by atoms with E-state index < -0.39 is 0 Å². The molecular weight excluding hydrogens is 288 g/mol. The average molecular weight is 308 g/mol. The molecule has 23 heavy (non-hydrogen) atoms. The predicted octanol–water partition coefficient (Wildman–Crippen LogP) is 4.14. The standard InChI is InChI=1S/C18H20N4O/c1-4-5-8-14(9-6-11-19)13-22(3)17-16-15(10-7-12-21-16)23-18(17)20-2/h4-13,19-20H,1H2,2-3H3/b8-5-,9-6-,14-13+,19-11?. The summed E-state index contributed by atoms with van der Waals surface area (Å²) in [5.41, 5.74) is 3.29. The number of nitrogens with one attached hydrogen (secondary N) is 2. The largest absolute Gasteiger partial charge is 0.437 e. The number of anilines is 2. The number of fused-ring (bicyclic) bond motifs is 1. The van der Waals surface area contributed by atoms with Crippen LogP contribution in [0.25, 0.3) is 11.1 Å². The van der Waals surface area contributed by atoms with Crippen LogP contribution < -0.4 is 10.2 Å². The van der Waals surface area contributed by atoms with E-state index in [4.69, 9.17) is 9.83 Å². The van der Waals surface area contributed by atoms with Crippen LogP contribution in [0.3, 0.4) is 0 Å². The zero-order valence-electron chi connectivity index (χ0n) is 13.3. The lowest BCUT2D eigenvalue weighted by atomic mass is 10.2. The van der Waals surface area contributed by atoms with Crippen LogP contribution in [-0.2, 0) is 0 Å². The number of hydrogen-bond acceptors (Lipinski definition) is 5. The quantitative estimate of drug-likeness (QED) is 0.596. The molecule has 5 nitrogen and oxygen atoms in total. The number of furan rings is 1. The second-order valence-corrected chi connectivity index (χ2v) is 4.74. The highest BCUT2D eigenvalue weighted by Gasteiger charge is 2.17. The van der Waals surface area contributed by atoms with E-state index in [-0.39, 0.29) is 0 Å². The second-order valence-electron chi connectivity index (χ2n) is 4.74. The minimum Gasteiger partial charge on any atom is -0.437 e. The Labute approximate surface area is 135 Å². The van der Waals surface area contributed by atoms with Gasteiger partial charge in [0, 0.05) is 32.7 Å². The number of pyridine rings is 1. The fourth-order valence-electron chi connectivity index (χ4n) is 2.18. The molecule has 2 aromatic rings. The fourth-order valence-corrected chi connectivity index (χ4v) is 2.18. The van der Waals surface area contributed by atoms with Crippen LogP contribution in [-0.4, -0.2) is 25.3 Å². The van der Waals surface area contributed by atoms with E-state index in [2.05, 4.69) is 16.9 Å². The van der Waals surface area contributed by atoms with Crippen LogP contribution in [0.2, 0.25) is 0 Å². The Hall–Kier alpha value is -3.08. The van der Waals surface area contributed by atoms with Gasteiger partial charge < -0.3 is 20.0 Å². The van der Waals surface area contributed by atoms with Gasteiger partial charge >= 0.3 is 0 Å². The smallest absolute Gasteiger partial charge is 0.219 e. The van der Waals surface area contributed by atoms with Gasteiger partial charge in [0.15, 0.2) is 5.58 Å². The third-order valence-corrected chi connectivity index (χ3v) is 3.15. The predicted molar refractivity (Wildman–Crippen MR) is 97.3 cm³/mol. The molecule has 0 aliphatic carbocycles. The molecule has 0 amide bonds. The molecule has 0 atom stereocenters. The first-order chi connectivity index (χ1) is 11.2. The Kier molecular flexibility index (Phi) is 5.52. The van der Waals surface area contributed by atoms with Crippen molar-refractivity contribution in [2.24, 2.45) is 0 Å². The summed E-state index contributed by atoms with van der Waals surface area (Å²) in [6.45, 7) is 3.68. The molecule has 2 aromatic heterocycles. The molecular formula is C18H20N4O. The van der Waals surface area contributed by atoms with E-state index in [0.29, 0.717) is 5.88 Å².